The first-order chi connectivity index (χ1) is 11.7. The van der Waals surface area contributed by atoms with Crippen molar-refractivity contribution in [2.45, 2.75) is 32.6 Å². The van der Waals surface area contributed by atoms with Crippen LogP contribution in [0.2, 0.25) is 0 Å². The lowest BCUT2D eigenvalue weighted by Crippen LogP contribution is -2.39. The van der Waals surface area contributed by atoms with Crippen LogP contribution in [0.3, 0.4) is 0 Å². The Hall–Kier alpha value is -2.37. The minimum atomic E-state index is 0.0345. The first kappa shape index (κ1) is 16.5. The highest BCUT2D eigenvalue weighted by Gasteiger charge is 2.25. The van der Waals surface area contributed by atoms with Gasteiger partial charge in [-0.05, 0) is 37.7 Å². The minimum Gasteiger partial charge on any atom is -0.339 e. The van der Waals surface area contributed by atoms with Crippen LogP contribution in [0.15, 0.2) is 34.9 Å². The van der Waals surface area contributed by atoms with Crippen LogP contribution >= 0.6 is 0 Å². The number of amides is 2. The Balaban J connectivity index is 1.35. The lowest BCUT2D eigenvalue weighted by Gasteiger charge is -2.17. The van der Waals surface area contributed by atoms with E-state index >= 15 is 0 Å². The number of benzene rings is 1. The van der Waals surface area contributed by atoms with Crippen LogP contribution < -0.4 is 5.32 Å². The van der Waals surface area contributed by atoms with Crippen molar-refractivity contribution < 1.29 is 9.32 Å². The standard InChI is InChI=1S/C18H24N4O2/c1-14-20-17(24-21-14)8-5-10-19-18(23)22-11-9-16(13-22)12-15-6-3-2-4-7-15/h2-4,6-7,16H,5,8-13H2,1H3,(H,19,23). The summed E-state index contributed by atoms with van der Waals surface area (Å²) in [4.78, 5) is 18.3. The van der Waals surface area contributed by atoms with Crippen LogP contribution in [0, 0.1) is 12.8 Å². The molecule has 0 saturated carbocycles. The van der Waals surface area contributed by atoms with Crippen molar-refractivity contribution in [1.82, 2.24) is 20.4 Å². The zero-order chi connectivity index (χ0) is 16.8. The van der Waals surface area contributed by atoms with Gasteiger partial charge in [-0.1, -0.05) is 35.5 Å². The van der Waals surface area contributed by atoms with Gasteiger partial charge in [0.05, 0.1) is 0 Å². The Labute approximate surface area is 142 Å². The number of hydrogen-bond donors (Lipinski definition) is 1. The molecule has 1 atom stereocenters. The Morgan fingerprint density at radius 1 is 1.38 bits per heavy atom. The second-order valence-electron chi connectivity index (χ2n) is 6.36. The van der Waals surface area contributed by atoms with Gasteiger partial charge in [-0.25, -0.2) is 4.79 Å². The third kappa shape index (κ3) is 4.57. The molecule has 1 saturated heterocycles. The van der Waals surface area contributed by atoms with Crippen LogP contribution in [0.25, 0.3) is 0 Å². The predicted molar refractivity (Wildman–Crippen MR) is 90.6 cm³/mol. The quantitative estimate of drug-likeness (QED) is 0.827. The molecule has 1 unspecified atom stereocenters. The average Bonchev–Trinajstić information content (AvgIpc) is 3.21. The van der Waals surface area contributed by atoms with Crippen LogP contribution in [-0.4, -0.2) is 40.7 Å². The topological polar surface area (TPSA) is 71.3 Å². The van der Waals surface area contributed by atoms with E-state index in [1.807, 2.05) is 11.0 Å². The van der Waals surface area contributed by atoms with Gasteiger partial charge in [0.2, 0.25) is 5.89 Å². The molecule has 1 fully saturated rings. The molecule has 2 aromatic rings. The molecule has 1 aliphatic heterocycles. The molecule has 0 spiro atoms. The number of aryl methyl sites for hydroxylation is 2. The number of aromatic nitrogens is 2. The molecule has 1 aliphatic rings. The van der Waals surface area contributed by atoms with Gasteiger partial charge in [0.1, 0.15) is 0 Å². The van der Waals surface area contributed by atoms with Crippen LogP contribution in [-0.2, 0) is 12.8 Å². The van der Waals surface area contributed by atoms with E-state index < -0.39 is 0 Å². The molecule has 0 radical (unpaired) electrons. The molecular weight excluding hydrogens is 304 g/mol. The van der Waals surface area contributed by atoms with E-state index in [4.69, 9.17) is 4.52 Å². The lowest BCUT2D eigenvalue weighted by molar-refractivity contribution is 0.207. The smallest absolute Gasteiger partial charge is 0.317 e. The Morgan fingerprint density at radius 3 is 2.96 bits per heavy atom. The van der Waals surface area contributed by atoms with Crippen molar-refractivity contribution in [2.75, 3.05) is 19.6 Å². The molecule has 2 heterocycles. The molecular formula is C18H24N4O2. The SMILES string of the molecule is Cc1noc(CCCNC(=O)N2CCC(Cc3ccccc3)C2)n1. The highest BCUT2D eigenvalue weighted by molar-refractivity contribution is 5.74. The van der Waals surface area contributed by atoms with Gasteiger partial charge in [-0.3, -0.25) is 0 Å². The molecule has 2 amide bonds. The maximum absolute atomic E-state index is 12.2. The van der Waals surface area contributed by atoms with E-state index in [2.05, 4.69) is 39.7 Å². The number of carbonyl (C=O) groups excluding carboxylic acids is 1. The van der Waals surface area contributed by atoms with Crippen LogP contribution in [0.5, 0.6) is 0 Å². The van der Waals surface area contributed by atoms with E-state index in [-0.39, 0.29) is 6.03 Å². The molecule has 3 rings (SSSR count). The van der Waals surface area contributed by atoms with Gasteiger partial charge in [0, 0.05) is 26.1 Å². The Morgan fingerprint density at radius 2 is 2.21 bits per heavy atom. The molecule has 24 heavy (non-hydrogen) atoms. The monoisotopic (exact) mass is 328 g/mol. The van der Waals surface area contributed by atoms with Crippen molar-refractivity contribution in [3.8, 4) is 0 Å². The minimum absolute atomic E-state index is 0.0345. The molecule has 0 aliphatic carbocycles. The fourth-order valence-corrected chi connectivity index (χ4v) is 3.12. The molecule has 1 aromatic heterocycles. The van der Waals surface area contributed by atoms with Crippen molar-refractivity contribution in [3.63, 3.8) is 0 Å². The second-order valence-corrected chi connectivity index (χ2v) is 6.36. The van der Waals surface area contributed by atoms with E-state index in [0.29, 0.717) is 30.6 Å². The maximum atomic E-state index is 12.2. The van der Waals surface area contributed by atoms with Crippen molar-refractivity contribution in [3.05, 3.63) is 47.6 Å². The number of likely N-dealkylation sites (tertiary alicyclic amines) is 1. The van der Waals surface area contributed by atoms with E-state index in [0.717, 1.165) is 32.4 Å². The van der Waals surface area contributed by atoms with Crippen LogP contribution in [0.4, 0.5) is 4.79 Å². The highest BCUT2D eigenvalue weighted by Crippen LogP contribution is 2.20. The summed E-state index contributed by atoms with van der Waals surface area (Å²) in [6.45, 7) is 4.10. The fraction of sp³-hybridized carbons (Fsp3) is 0.500. The van der Waals surface area contributed by atoms with Gasteiger partial charge in [0.25, 0.3) is 0 Å². The molecule has 0 bridgehead atoms. The highest BCUT2D eigenvalue weighted by atomic mass is 16.5. The summed E-state index contributed by atoms with van der Waals surface area (Å²) in [5.41, 5.74) is 1.35. The van der Waals surface area contributed by atoms with Crippen molar-refractivity contribution >= 4 is 6.03 Å². The number of nitrogens with one attached hydrogen (secondary N) is 1. The predicted octanol–water partition coefficient (Wildman–Crippen LogP) is 2.58. The summed E-state index contributed by atoms with van der Waals surface area (Å²) >= 11 is 0. The van der Waals surface area contributed by atoms with E-state index in [9.17, 15) is 4.79 Å². The van der Waals surface area contributed by atoms with Crippen molar-refractivity contribution in [2.24, 2.45) is 5.92 Å². The Kier molecular flexibility index (Phi) is 5.46. The van der Waals surface area contributed by atoms with E-state index in [1.54, 1.807) is 6.92 Å². The summed E-state index contributed by atoms with van der Waals surface area (Å²) < 4.78 is 5.06. The van der Waals surface area contributed by atoms with Gasteiger partial charge < -0.3 is 14.7 Å². The van der Waals surface area contributed by atoms with Crippen molar-refractivity contribution in [1.29, 1.82) is 0 Å². The molecule has 1 N–H and O–H groups in total. The number of urea groups is 1. The van der Waals surface area contributed by atoms with Gasteiger partial charge in [-0.15, -0.1) is 0 Å². The maximum Gasteiger partial charge on any atom is 0.317 e. The number of carbonyl (C=O) groups is 1. The number of rotatable bonds is 6. The summed E-state index contributed by atoms with van der Waals surface area (Å²) in [7, 11) is 0. The first-order valence-electron chi connectivity index (χ1n) is 8.56. The van der Waals surface area contributed by atoms with Gasteiger partial charge >= 0.3 is 6.03 Å². The summed E-state index contributed by atoms with van der Waals surface area (Å²) in [5, 5.41) is 6.74. The lowest BCUT2D eigenvalue weighted by atomic mass is 9.99. The summed E-state index contributed by atoms with van der Waals surface area (Å²) in [6, 6.07) is 10.5. The molecule has 128 valence electrons. The normalized spacial score (nSPS) is 17.2. The fourth-order valence-electron chi connectivity index (χ4n) is 3.12. The first-order valence-corrected chi connectivity index (χ1v) is 8.56. The average molecular weight is 328 g/mol. The van der Waals surface area contributed by atoms with E-state index in [1.165, 1.54) is 5.56 Å². The molecule has 1 aromatic carbocycles. The third-order valence-electron chi connectivity index (χ3n) is 4.35. The molecule has 6 nitrogen and oxygen atoms in total. The Bertz CT molecular complexity index is 656. The van der Waals surface area contributed by atoms with Gasteiger partial charge in [0.15, 0.2) is 5.82 Å². The molecule has 6 heteroatoms. The zero-order valence-electron chi connectivity index (χ0n) is 14.1. The third-order valence-corrected chi connectivity index (χ3v) is 4.35. The zero-order valence-corrected chi connectivity index (χ0v) is 14.1. The number of hydrogen-bond acceptors (Lipinski definition) is 4. The number of nitrogens with zero attached hydrogens (tertiary/aromatic N) is 3. The van der Waals surface area contributed by atoms with Crippen LogP contribution in [0.1, 0.15) is 30.1 Å². The van der Waals surface area contributed by atoms with Gasteiger partial charge in [-0.2, -0.15) is 4.98 Å². The largest absolute Gasteiger partial charge is 0.339 e. The summed E-state index contributed by atoms with van der Waals surface area (Å²) in [6.07, 6.45) is 3.61. The second kappa shape index (κ2) is 7.95. The summed E-state index contributed by atoms with van der Waals surface area (Å²) in [5.74, 6) is 1.83.